The molecule has 3 nitrogen and oxygen atoms in total. The lowest BCUT2D eigenvalue weighted by molar-refractivity contribution is 0.0690. The van der Waals surface area contributed by atoms with Gasteiger partial charge < -0.3 is 5.11 Å². The zero-order valence-corrected chi connectivity index (χ0v) is 8.52. The molecule has 1 N–H and O–H groups in total. The summed E-state index contributed by atoms with van der Waals surface area (Å²) in [6.07, 6.45) is 0. The summed E-state index contributed by atoms with van der Waals surface area (Å²) >= 11 is 0. The summed E-state index contributed by atoms with van der Waals surface area (Å²) < 4.78 is 26.4. The summed E-state index contributed by atoms with van der Waals surface area (Å²) in [5, 5.41) is 8.74. The van der Waals surface area contributed by atoms with E-state index < -0.39 is 17.6 Å². The van der Waals surface area contributed by atoms with Gasteiger partial charge in [0, 0.05) is 5.56 Å². The predicted octanol–water partition coefficient (Wildman–Crippen LogP) is 2.73. The molecule has 1 aromatic carbocycles. The van der Waals surface area contributed by atoms with E-state index in [4.69, 9.17) is 5.11 Å². The Morgan fingerprint density at radius 1 is 1.18 bits per heavy atom. The lowest BCUT2D eigenvalue weighted by atomic mass is 10.1. The summed E-state index contributed by atoms with van der Waals surface area (Å²) in [6.45, 7) is 0. The molecule has 0 amide bonds. The predicted molar refractivity (Wildman–Crippen MR) is 56.5 cm³/mol. The van der Waals surface area contributed by atoms with Crippen LogP contribution in [0.25, 0.3) is 11.3 Å². The fourth-order valence-corrected chi connectivity index (χ4v) is 1.40. The van der Waals surface area contributed by atoms with Gasteiger partial charge in [-0.2, -0.15) is 0 Å². The molecular weight excluding hydrogens is 228 g/mol. The van der Waals surface area contributed by atoms with Crippen LogP contribution in [-0.2, 0) is 0 Å². The summed E-state index contributed by atoms with van der Waals surface area (Å²) in [6, 6.07) is 7.22. The van der Waals surface area contributed by atoms with E-state index in [0.717, 1.165) is 18.2 Å². The smallest absolute Gasteiger partial charge is 0.354 e. The number of halogens is 2. The van der Waals surface area contributed by atoms with E-state index in [-0.39, 0.29) is 17.0 Å². The molecule has 17 heavy (non-hydrogen) atoms. The van der Waals surface area contributed by atoms with Crippen LogP contribution >= 0.6 is 0 Å². The summed E-state index contributed by atoms with van der Waals surface area (Å²) in [7, 11) is 0. The van der Waals surface area contributed by atoms with Crippen LogP contribution in [0.4, 0.5) is 8.78 Å². The molecule has 2 rings (SSSR count). The minimum atomic E-state index is -1.26. The van der Waals surface area contributed by atoms with Crippen molar-refractivity contribution in [3.05, 3.63) is 53.7 Å². The number of hydrogen-bond acceptors (Lipinski definition) is 2. The molecule has 0 saturated carbocycles. The van der Waals surface area contributed by atoms with E-state index >= 15 is 0 Å². The van der Waals surface area contributed by atoms with Crippen molar-refractivity contribution in [2.24, 2.45) is 0 Å². The first-order chi connectivity index (χ1) is 8.08. The number of pyridine rings is 1. The Morgan fingerprint density at radius 3 is 2.59 bits per heavy atom. The monoisotopic (exact) mass is 235 g/mol. The van der Waals surface area contributed by atoms with Crippen LogP contribution in [0.2, 0.25) is 0 Å². The van der Waals surface area contributed by atoms with Gasteiger partial charge in [0.05, 0.1) is 0 Å². The second-order valence-electron chi connectivity index (χ2n) is 3.34. The molecule has 0 aliphatic rings. The Bertz CT molecular complexity index is 584. The Balaban J connectivity index is 2.58. The molecule has 0 saturated heterocycles. The standard InChI is InChI=1S/C12H7F2NO2/c13-8-3-1-2-7(6-8)11-9(14)4-5-10(15-11)12(16)17/h1-6H,(H,16,17). The van der Waals surface area contributed by atoms with Gasteiger partial charge in [0.2, 0.25) is 0 Å². The van der Waals surface area contributed by atoms with Crippen molar-refractivity contribution in [3.63, 3.8) is 0 Å². The minimum absolute atomic E-state index is 0.176. The van der Waals surface area contributed by atoms with Gasteiger partial charge in [-0.1, -0.05) is 12.1 Å². The molecule has 86 valence electrons. The van der Waals surface area contributed by atoms with Crippen LogP contribution in [0.5, 0.6) is 0 Å². The third-order valence-electron chi connectivity index (χ3n) is 2.16. The molecule has 0 atom stereocenters. The molecule has 0 aliphatic carbocycles. The second-order valence-corrected chi connectivity index (χ2v) is 3.34. The van der Waals surface area contributed by atoms with Crippen molar-refractivity contribution < 1.29 is 18.7 Å². The zero-order chi connectivity index (χ0) is 12.4. The Hall–Kier alpha value is -2.30. The maximum atomic E-state index is 13.5. The normalized spacial score (nSPS) is 10.2. The van der Waals surface area contributed by atoms with Crippen LogP contribution < -0.4 is 0 Å². The Morgan fingerprint density at radius 2 is 1.94 bits per heavy atom. The van der Waals surface area contributed by atoms with E-state index in [1.54, 1.807) is 0 Å². The highest BCUT2D eigenvalue weighted by Gasteiger charge is 2.12. The van der Waals surface area contributed by atoms with Crippen LogP contribution in [0.1, 0.15) is 10.5 Å². The number of carboxylic acid groups (broad SMARTS) is 1. The first-order valence-electron chi connectivity index (χ1n) is 4.73. The third-order valence-corrected chi connectivity index (χ3v) is 2.16. The fraction of sp³-hybridized carbons (Fsp3) is 0. The number of carboxylic acids is 1. The van der Waals surface area contributed by atoms with Crippen molar-refractivity contribution in [2.75, 3.05) is 0 Å². The number of aromatic carboxylic acids is 1. The van der Waals surface area contributed by atoms with E-state index in [0.29, 0.717) is 0 Å². The quantitative estimate of drug-likeness (QED) is 0.870. The number of carbonyl (C=O) groups is 1. The number of rotatable bonds is 2. The second kappa shape index (κ2) is 4.29. The molecule has 0 unspecified atom stereocenters. The van der Waals surface area contributed by atoms with Crippen molar-refractivity contribution >= 4 is 5.97 Å². The Kier molecular flexibility index (Phi) is 2.82. The third kappa shape index (κ3) is 2.28. The van der Waals surface area contributed by atoms with Gasteiger partial charge in [-0.25, -0.2) is 18.6 Å². The highest BCUT2D eigenvalue weighted by Crippen LogP contribution is 2.21. The first kappa shape index (κ1) is 11.2. The highest BCUT2D eigenvalue weighted by molar-refractivity contribution is 5.86. The van der Waals surface area contributed by atoms with Crippen molar-refractivity contribution in [1.29, 1.82) is 0 Å². The average molecular weight is 235 g/mol. The van der Waals surface area contributed by atoms with Gasteiger partial charge in [0.25, 0.3) is 0 Å². The summed E-state index contributed by atoms with van der Waals surface area (Å²) in [4.78, 5) is 14.3. The van der Waals surface area contributed by atoms with Gasteiger partial charge in [-0.05, 0) is 24.3 Å². The first-order valence-corrected chi connectivity index (χ1v) is 4.73. The van der Waals surface area contributed by atoms with Crippen LogP contribution in [0, 0.1) is 11.6 Å². The van der Waals surface area contributed by atoms with E-state index in [2.05, 4.69) is 4.98 Å². The summed E-state index contributed by atoms with van der Waals surface area (Å²) in [5.74, 6) is -2.49. The number of hydrogen-bond donors (Lipinski definition) is 1. The number of benzene rings is 1. The fourth-order valence-electron chi connectivity index (χ4n) is 1.40. The van der Waals surface area contributed by atoms with Crippen molar-refractivity contribution in [1.82, 2.24) is 4.98 Å². The molecule has 5 heteroatoms. The highest BCUT2D eigenvalue weighted by atomic mass is 19.1. The SMILES string of the molecule is O=C(O)c1ccc(F)c(-c2cccc(F)c2)n1. The molecule has 0 spiro atoms. The van der Waals surface area contributed by atoms with Crippen LogP contribution in [-0.4, -0.2) is 16.1 Å². The molecular formula is C12H7F2NO2. The maximum Gasteiger partial charge on any atom is 0.354 e. The molecule has 2 aromatic rings. The topological polar surface area (TPSA) is 50.2 Å². The van der Waals surface area contributed by atoms with Crippen molar-refractivity contribution in [2.45, 2.75) is 0 Å². The van der Waals surface area contributed by atoms with E-state index in [9.17, 15) is 13.6 Å². The average Bonchev–Trinajstić information content (AvgIpc) is 2.29. The molecule has 0 fully saturated rings. The zero-order valence-electron chi connectivity index (χ0n) is 8.52. The minimum Gasteiger partial charge on any atom is -0.477 e. The van der Waals surface area contributed by atoms with Crippen LogP contribution in [0.15, 0.2) is 36.4 Å². The van der Waals surface area contributed by atoms with Gasteiger partial charge >= 0.3 is 5.97 Å². The molecule has 0 radical (unpaired) electrons. The van der Waals surface area contributed by atoms with Gasteiger partial charge in [-0.3, -0.25) is 0 Å². The molecule has 1 aromatic heterocycles. The van der Waals surface area contributed by atoms with Gasteiger partial charge in [0.15, 0.2) is 0 Å². The maximum absolute atomic E-state index is 13.5. The lowest BCUT2D eigenvalue weighted by Crippen LogP contribution is -2.02. The molecule has 1 heterocycles. The van der Waals surface area contributed by atoms with E-state index in [1.165, 1.54) is 18.2 Å². The molecule has 0 bridgehead atoms. The molecule has 0 aliphatic heterocycles. The van der Waals surface area contributed by atoms with Crippen molar-refractivity contribution in [3.8, 4) is 11.3 Å². The van der Waals surface area contributed by atoms with Gasteiger partial charge in [0.1, 0.15) is 23.0 Å². The van der Waals surface area contributed by atoms with E-state index in [1.807, 2.05) is 0 Å². The van der Waals surface area contributed by atoms with Crippen LogP contribution in [0.3, 0.4) is 0 Å². The number of aromatic nitrogens is 1. The number of nitrogens with zero attached hydrogens (tertiary/aromatic N) is 1. The Labute approximate surface area is 95.4 Å². The van der Waals surface area contributed by atoms with Gasteiger partial charge in [-0.15, -0.1) is 0 Å². The largest absolute Gasteiger partial charge is 0.477 e. The summed E-state index contributed by atoms with van der Waals surface area (Å²) in [5.41, 5.74) is -0.263. The lowest BCUT2D eigenvalue weighted by Gasteiger charge is -2.03.